The summed E-state index contributed by atoms with van der Waals surface area (Å²) in [5.41, 5.74) is -16.5. The van der Waals surface area contributed by atoms with Crippen molar-refractivity contribution < 1.29 is 79.0 Å². The Kier molecular flexibility index (Phi) is 15.5. The minimum Gasteiger partial charge on any atom is -0.357 e. The first-order chi connectivity index (χ1) is 43.3. The molecule has 11 aromatic rings. The van der Waals surface area contributed by atoms with E-state index in [1.54, 1.807) is 36.4 Å². The summed E-state index contributed by atoms with van der Waals surface area (Å²) in [7, 11) is 0. The number of fused-ring (bicyclic) bond motifs is 12. The number of hydrogen-bond donors (Lipinski definition) is 0. The maximum Gasteiger partial charge on any atom is 2.00 e. The zero-order valence-electron chi connectivity index (χ0n) is 46.4. The van der Waals surface area contributed by atoms with E-state index in [-0.39, 0.29) is 45.1 Å². The molecular formula is C66H30F18MgN8. The second kappa shape index (κ2) is 22.7. The van der Waals surface area contributed by atoms with Crippen molar-refractivity contribution in [2.45, 2.75) is 37.1 Å². The second-order valence-electron chi connectivity index (χ2n) is 20.9. The Morgan fingerprint density at radius 1 is 0.237 bits per heavy atom. The Labute approximate surface area is 526 Å². The Morgan fingerprint density at radius 2 is 0.462 bits per heavy atom. The van der Waals surface area contributed by atoms with Gasteiger partial charge in [-0.05, 0) is 140 Å². The van der Waals surface area contributed by atoms with Crippen LogP contribution in [0.5, 0.6) is 0 Å². The summed E-state index contributed by atoms with van der Waals surface area (Å²) in [5.74, 6) is -2.82. The van der Waals surface area contributed by atoms with Gasteiger partial charge in [0.15, 0.2) is 0 Å². The number of benzene rings is 8. The van der Waals surface area contributed by atoms with E-state index in [4.69, 9.17) is 24.9 Å². The maximum atomic E-state index is 14.9. The van der Waals surface area contributed by atoms with Gasteiger partial charge in [-0.25, -0.2) is 9.97 Å². The summed E-state index contributed by atoms with van der Waals surface area (Å²) in [5, 5.41) is 1.13. The predicted octanol–water partition coefficient (Wildman–Crippen LogP) is 18.5. The van der Waals surface area contributed by atoms with E-state index in [0.717, 1.165) is 72.8 Å². The van der Waals surface area contributed by atoms with Crippen molar-refractivity contribution in [3.05, 3.63) is 261 Å². The van der Waals surface area contributed by atoms with E-state index in [1.165, 1.54) is 0 Å². The number of nitrogens with zero attached hydrogens (tertiary/aromatic N) is 8. The summed E-state index contributed by atoms with van der Waals surface area (Å²) in [6, 6.07) is 29.3. The average Bonchev–Trinajstić information content (AvgIpc) is 1.61. The number of alkyl halides is 18. The Bertz CT molecular complexity index is 4800. The molecule has 8 aromatic carbocycles. The van der Waals surface area contributed by atoms with E-state index in [9.17, 15) is 79.0 Å². The summed E-state index contributed by atoms with van der Waals surface area (Å²) in [6.45, 7) is 0. The molecule has 0 saturated carbocycles. The monoisotopic (exact) mass is 1300 g/mol. The van der Waals surface area contributed by atoms with E-state index < -0.39 is 172 Å². The maximum absolute atomic E-state index is 14.9. The predicted molar refractivity (Wildman–Crippen MR) is 308 cm³/mol. The molecule has 3 aromatic heterocycles. The number of aromatic nitrogens is 8. The van der Waals surface area contributed by atoms with Crippen molar-refractivity contribution in [1.82, 2.24) is 39.9 Å². The second-order valence-corrected chi connectivity index (χ2v) is 20.9. The molecule has 0 atom stereocenters. The van der Waals surface area contributed by atoms with E-state index >= 15 is 0 Å². The number of rotatable bonds is 6. The first kappa shape index (κ1) is 63.3. The van der Waals surface area contributed by atoms with Crippen molar-refractivity contribution in [2.24, 2.45) is 0 Å². The molecule has 462 valence electrons. The fourth-order valence-corrected chi connectivity index (χ4v) is 10.9. The van der Waals surface area contributed by atoms with Gasteiger partial charge in [0.2, 0.25) is 0 Å². The van der Waals surface area contributed by atoms with Crippen LogP contribution in [0.3, 0.4) is 0 Å². The van der Waals surface area contributed by atoms with Gasteiger partial charge in [0.1, 0.15) is 0 Å². The molecule has 2 aliphatic heterocycles. The fraction of sp³-hybridized carbons (Fsp3) is 0.0909. The number of halogens is 18. The number of hydrogen-bond acceptors (Lipinski definition) is 6. The molecule has 8 nitrogen and oxygen atoms in total. The molecule has 0 radical (unpaired) electrons. The molecule has 2 aliphatic rings. The van der Waals surface area contributed by atoms with Crippen LogP contribution < -0.4 is 9.97 Å². The average molecular weight is 1300 g/mol. The molecule has 0 spiro atoms. The van der Waals surface area contributed by atoms with Crippen molar-refractivity contribution in [3.8, 4) is 22.3 Å². The molecule has 0 N–H and O–H groups in total. The minimum atomic E-state index is -5.16. The Hall–Kier alpha value is -9.89. The third kappa shape index (κ3) is 12.0. The van der Waals surface area contributed by atoms with Crippen LogP contribution in [0.25, 0.3) is 88.7 Å². The van der Waals surface area contributed by atoms with Gasteiger partial charge in [-0.3, -0.25) is 0 Å². The molecule has 8 bridgehead atoms. The summed E-state index contributed by atoms with van der Waals surface area (Å²) in [4.78, 5) is 37.7. The Morgan fingerprint density at radius 3 is 0.720 bits per heavy atom. The van der Waals surface area contributed by atoms with Gasteiger partial charge in [0, 0.05) is 56.0 Å². The van der Waals surface area contributed by atoms with Crippen LogP contribution in [0.15, 0.2) is 182 Å². The van der Waals surface area contributed by atoms with Crippen LogP contribution in [-0.4, -0.2) is 53.0 Å². The molecule has 93 heavy (non-hydrogen) atoms. The van der Waals surface area contributed by atoms with Gasteiger partial charge in [-0.15, -0.1) is 0 Å². The first-order valence-corrected chi connectivity index (χ1v) is 26.9. The van der Waals surface area contributed by atoms with E-state index in [0.29, 0.717) is 83.6 Å². The van der Waals surface area contributed by atoms with Crippen LogP contribution in [0.4, 0.5) is 79.0 Å². The molecule has 0 fully saturated rings. The van der Waals surface area contributed by atoms with Crippen molar-refractivity contribution in [1.29, 1.82) is 0 Å². The van der Waals surface area contributed by atoms with Gasteiger partial charge in [0.05, 0.1) is 56.7 Å². The van der Waals surface area contributed by atoms with Gasteiger partial charge in [-0.2, -0.15) is 79.0 Å². The largest absolute Gasteiger partial charge is 2.00 e. The van der Waals surface area contributed by atoms with Gasteiger partial charge >= 0.3 is 60.1 Å². The molecule has 27 heteroatoms. The summed E-state index contributed by atoms with van der Waals surface area (Å²) in [6.07, 6.45) is -30.7. The van der Waals surface area contributed by atoms with Crippen LogP contribution >= 0.6 is 0 Å². The summed E-state index contributed by atoms with van der Waals surface area (Å²) >= 11 is 0. The first-order valence-electron chi connectivity index (χ1n) is 26.9. The fourth-order valence-electron chi connectivity index (χ4n) is 10.9. The molecule has 0 saturated heterocycles. The third-order valence-corrected chi connectivity index (χ3v) is 15.0. The molecule has 0 aliphatic carbocycles. The van der Waals surface area contributed by atoms with Gasteiger partial charge in [0.25, 0.3) is 0 Å². The van der Waals surface area contributed by atoms with Crippen LogP contribution in [0.1, 0.15) is 78.9 Å². The molecular weight excluding hydrogens is 1270 g/mol. The zero-order valence-corrected chi connectivity index (χ0v) is 47.8. The Balaban J connectivity index is 0.00000832. The zero-order chi connectivity index (χ0) is 65.2. The molecule has 0 unspecified atom stereocenters. The third-order valence-electron chi connectivity index (χ3n) is 15.0. The normalized spacial score (nSPS) is 13.5. The van der Waals surface area contributed by atoms with Crippen molar-refractivity contribution >= 4 is 89.5 Å². The standard InChI is InChI=1S/C66H30F18N8.Mg/c67-61(68,69)39-17-3-11-33(23-39)47-49(35-13-5-19-41(25-35)63(73,74)75)57-88-55(47)86-53-45-29-31-9-1-2-10-32(31)30-46(45)54(85-53)87-56-48(34-12-4-18-40(24-34)62(70,71)72)50(36-14-6-20-42(26-36)64(76,77)78)58(89-56)91-60-52(38-16-8-22-44(28-38)66(82,83)84)51(59(90-57)92-60)37-15-7-21-43(27-37)65(79,80)81;/h1-30H;/q-2;+2. The summed E-state index contributed by atoms with van der Waals surface area (Å²) < 4.78 is 267. The minimum absolute atomic E-state index is 0. The van der Waals surface area contributed by atoms with Crippen LogP contribution in [0.2, 0.25) is 0 Å². The van der Waals surface area contributed by atoms with Gasteiger partial charge < -0.3 is 29.9 Å². The molecule has 13 rings (SSSR count). The molecule has 5 heterocycles. The SMILES string of the molecule is FC(F)(F)c1cccc(C2=C(c3cccc(C(F)(F)F)c3)c3nc2nc2[n-]c(nc4nc(nc5[n-]c(n3)c3cc6ccccc6cc53)C(c3cccc(C(F)(F)F)c3)=C4c3cccc(C(F)(F)F)c3)c(-c3cccc(C(F)(F)F)c3)c2-c2cccc(C(F)(F)F)c2)c1.[Mg+2]. The van der Waals surface area contributed by atoms with E-state index in [1.807, 2.05) is 0 Å². The van der Waals surface area contributed by atoms with Crippen molar-refractivity contribution in [3.63, 3.8) is 0 Å². The smallest absolute Gasteiger partial charge is 0.357 e. The van der Waals surface area contributed by atoms with Crippen LogP contribution in [0, 0.1) is 0 Å². The van der Waals surface area contributed by atoms with Crippen molar-refractivity contribution in [2.75, 3.05) is 0 Å². The van der Waals surface area contributed by atoms with Crippen LogP contribution in [-0.2, 0) is 37.1 Å². The molecule has 0 amide bonds. The quantitative estimate of drug-likeness (QED) is 0.120. The van der Waals surface area contributed by atoms with Gasteiger partial charge in [-0.1, -0.05) is 97.1 Å². The topological polar surface area (TPSA) is 106 Å². The van der Waals surface area contributed by atoms with E-state index in [2.05, 4.69) is 15.0 Å².